The van der Waals surface area contributed by atoms with Gasteiger partial charge in [-0.05, 0) is 60.9 Å². The smallest absolute Gasteiger partial charge is 0.263 e. The minimum atomic E-state index is -0.497. The minimum absolute atomic E-state index is 0.0544. The zero-order chi connectivity index (χ0) is 20.4. The van der Waals surface area contributed by atoms with Crippen molar-refractivity contribution in [1.82, 2.24) is 4.90 Å². The Balaban J connectivity index is 1.37. The van der Waals surface area contributed by atoms with Crippen LogP contribution in [0.5, 0.6) is 5.75 Å². The summed E-state index contributed by atoms with van der Waals surface area (Å²) in [4.78, 5) is 17.2. The molecule has 1 aliphatic heterocycles. The summed E-state index contributed by atoms with van der Waals surface area (Å²) in [5.74, 6) is 0.789. The number of rotatable bonds is 4. The summed E-state index contributed by atoms with van der Waals surface area (Å²) in [6.45, 7) is 9.29. The first-order chi connectivity index (χ1) is 14.0. The van der Waals surface area contributed by atoms with Crippen molar-refractivity contribution >= 4 is 22.4 Å². The number of ether oxygens (including phenoxy) is 1. The van der Waals surface area contributed by atoms with Gasteiger partial charge in [0, 0.05) is 31.9 Å². The molecule has 0 bridgehead atoms. The minimum Gasteiger partial charge on any atom is -0.481 e. The molecular formula is C25H28N2O2. The van der Waals surface area contributed by atoms with E-state index in [2.05, 4.69) is 49.1 Å². The highest BCUT2D eigenvalue weighted by atomic mass is 16.5. The van der Waals surface area contributed by atoms with Gasteiger partial charge in [0.25, 0.3) is 5.91 Å². The molecule has 1 heterocycles. The molecule has 0 saturated carbocycles. The molecule has 0 spiro atoms. The van der Waals surface area contributed by atoms with E-state index in [0.717, 1.165) is 37.3 Å². The van der Waals surface area contributed by atoms with Crippen LogP contribution in [0, 0.1) is 13.8 Å². The molecule has 0 radical (unpaired) electrons. The Morgan fingerprint density at radius 1 is 0.897 bits per heavy atom. The van der Waals surface area contributed by atoms with Gasteiger partial charge in [-0.3, -0.25) is 4.79 Å². The fourth-order valence-corrected chi connectivity index (χ4v) is 4.00. The summed E-state index contributed by atoms with van der Waals surface area (Å²) in [7, 11) is 0. The molecule has 4 rings (SSSR count). The summed E-state index contributed by atoms with van der Waals surface area (Å²) in [5, 5.41) is 2.29. The molecule has 29 heavy (non-hydrogen) atoms. The topological polar surface area (TPSA) is 32.8 Å². The van der Waals surface area contributed by atoms with Gasteiger partial charge in [0.1, 0.15) is 5.75 Å². The normalized spacial score (nSPS) is 15.4. The molecule has 150 valence electrons. The van der Waals surface area contributed by atoms with Crippen LogP contribution >= 0.6 is 0 Å². The molecule has 3 aromatic rings. The molecular weight excluding hydrogens is 360 g/mol. The second-order valence-electron chi connectivity index (χ2n) is 7.80. The third-order valence-corrected chi connectivity index (χ3v) is 5.89. The van der Waals surface area contributed by atoms with E-state index in [1.807, 2.05) is 42.2 Å². The van der Waals surface area contributed by atoms with Crippen LogP contribution in [-0.2, 0) is 4.79 Å². The molecule has 0 N–H and O–H groups in total. The molecule has 1 saturated heterocycles. The van der Waals surface area contributed by atoms with E-state index in [9.17, 15) is 4.79 Å². The van der Waals surface area contributed by atoms with E-state index in [-0.39, 0.29) is 5.91 Å². The van der Waals surface area contributed by atoms with Crippen LogP contribution < -0.4 is 9.64 Å². The Hall–Kier alpha value is -3.01. The maximum absolute atomic E-state index is 12.9. The highest BCUT2D eigenvalue weighted by molar-refractivity contribution is 5.84. The number of hydrogen-bond donors (Lipinski definition) is 0. The summed E-state index contributed by atoms with van der Waals surface area (Å²) in [5.41, 5.74) is 3.90. The van der Waals surface area contributed by atoms with Gasteiger partial charge in [-0.2, -0.15) is 0 Å². The largest absolute Gasteiger partial charge is 0.481 e. The number of amides is 1. The number of benzene rings is 3. The predicted molar refractivity (Wildman–Crippen MR) is 119 cm³/mol. The lowest BCUT2D eigenvalue weighted by Gasteiger charge is -2.38. The van der Waals surface area contributed by atoms with Gasteiger partial charge in [0.2, 0.25) is 0 Å². The van der Waals surface area contributed by atoms with Gasteiger partial charge in [-0.15, -0.1) is 0 Å². The Bertz CT molecular complexity index is 1020. The van der Waals surface area contributed by atoms with E-state index in [4.69, 9.17) is 4.74 Å². The number of fused-ring (bicyclic) bond motifs is 1. The Morgan fingerprint density at radius 3 is 2.38 bits per heavy atom. The zero-order valence-electron chi connectivity index (χ0n) is 17.4. The molecule has 1 atom stereocenters. The third kappa shape index (κ3) is 4.07. The second kappa shape index (κ2) is 8.16. The predicted octanol–water partition coefficient (Wildman–Crippen LogP) is 4.57. The van der Waals surface area contributed by atoms with Crippen LogP contribution in [0.15, 0.2) is 60.7 Å². The SMILES string of the molecule is Cc1cccc(N2CCN(C(=O)[C@@H](C)Oc3ccc4ccccc4c3)CC2)c1C. The van der Waals surface area contributed by atoms with Crippen molar-refractivity contribution in [2.75, 3.05) is 31.1 Å². The number of piperazine rings is 1. The molecule has 3 aromatic carbocycles. The average Bonchev–Trinajstić information content (AvgIpc) is 2.75. The van der Waals surface area contributed by atoms with Crippen molar-refractivity contribution in [1.29, 1.82) is 0 Å². The van der Waals surface area contributed by atoms with Crippen LogP contribution in [0.3, 0.4) is 0 Å². The summed E-state index contributed by atoms with van der Waals surface area (Å²) < 4.78 is 5.98. The first kappa shape index (κ1) is 19.3. The van der Waals surface area contributed by atoms with Crippen LogP contribution in [0.1, 0.15) is 18.1 Å². The van der Waals surface area contributed by atoms with Crippen molar-refractivity contribution in [2.24, 2.45) is 0 Å². The summed E-state index contributed by atoms with van der Waals surface area (Å²) in [6, 6.07) is 20.5. The van der Waals surface area contributed by atoms with Crippen LogP contribution in [0.4, 0.5) is 5.69 Å². The van der Waals surface area contributed by atoms with Gasteiger partial charge in [-0.25, -0.2) is 0 Å². The number of nitrogens with zero attached hydrogens (tertiary/aromatic N) is 2. The van der Waals surface area contributed by atoms with Gasteiger partial charge in [0.05, 0.1) is 0 Å². The lowest BCUT2D eigenvalue weighted by atomic mass is 10.1. The lowest BCUT2D eigenvalue weighted by molar-refractivity contribution is -0.138. The Morgan fingerprint density at radius 2 is 1.62 bits per heavy atom. The molecule has 0 aliphatic carbocycles. The maximum Gasteiger partial charge on any atom is 0.263 e. The summed E-state index contributed by atoms with van der Waals surface area (Å²) >= 11 is 0. The van der Waals surface area contributed by atoms with E-state index in [0.29, 0.717) is 0 Å². The highest BCUT2D eigenvalue weighted by Crippen LogP contribution is 2.25. The summed E-state index contributed by atoms with van der Waals surface area (Å²) in [6.07, 6.45) is -0.497. The van der Waals surface area contributed by atoms with E-state index in [1.54, 1.807) is 0 Å². The van der Waals surface area contributed by atoms with Crippen molar-refractivity contribution < 1.29 is 9.53 Å². The molecule has 0 unspecified atom stereocenters. The van der Waals surface area contributed by atoms with E-state index >= 15 is 0 Å². The molecule has 1 amide bonds. The Labute approximate surface area is 172 Å². The van der Waals surface area contributed by atoms with Gasteiger partial charge in [0.15, 0.2) is 6.10 Å². The maximum atomic E-state index is 12.9. The number of carbonyl (C=O) groups is 1. The zero-order valence-corrected chi connectivity index (χ0v) is 17.4. The highest BCUT2D eigenvalue weighted by Gasteiger charge is 2.26. The monoisotopic (exact) mass is 388 g/mol. The van der Waals surface area contributed by atoms with Gasteiger partial charge < -0.3 is 14.5 Å². The third-order valence-electron chi connectivity index (χ3n) is 5.89. The number of carbonyl (C=O) groups excluding carboxylic acids is 1. The second-order valence-corrected chi connectivity index (χ2v) is 7.80. The van der Waals surface area contributed by atoms with E-state index < -0.39 is 6.10 Å². The first-order valence-electron chi connectivity index (χ1n) is 10.3. The van der Waals surface area contributed by atoms with Crippen LogP contribution in [0.2, 0.25) is 0 Å². The van der Waals surface area contributed by atoms with Crippen LogP contribution in [-0.4, -0.2) is 43.1 Å². The molecule has 4 nitrogen and oxygen atoms in total. The van der Waals surface area contributed by atoms with Crippen molar-refractivity contribution in [3.63, 3.8) is 0 Å². The van der Waals surface area contributed by atoms with Crippen molar-refractivity contribution in [3.8, 4) is 5.75 Å². The molecule has 4 heteroatoms. The Kier molecular flexibility index (Phi) is 5.43. The number of anilines is 1. The lowest BCUT2D eigenvalue weighted by Crippen LogP contribution is -2.52. The van der Waals surface area contributed by atoms with Crippen LogP contribution in [0.25, 0.3) is 10.8 Å². The van der Waals surface area contributed by atoms with Crippen molar-refractivity contribution in [2.45, 2.75) is 26.9 Å². The first-order valence-corrected chi connectivity index (χ1v) is 10.3. The molecule has 0 aromatic heterocycles. The fourth-order valence-electron chi connectivity index (χ4n) is 4.00. The van der Waals surface area contributed by atoms with Crippen molar-refractivity contribution in [3.05, 3.63) is 71.8 Å². The van der Waals surface area contributed by atoms with Gasteiger partial charge >= 0.3 is 0 Å². The number of aryl methyl sites for hydroxylation is 1. The molecule has 1 aliphatic rings. The average molecular weight is 389 g/mol. The van der Waals surface area contributed by atoms with E-state index in [1.165, 1.54) is 22.2 Å². The number of hydrogen-bond acceptors (Lipinski definition) is 3. The fraction of sp³-hybridized carbons (Fsp3) is 0.320. The molecule has 1 fully saturated rings. The quantitative estimate of drug-likeness (QED) is 0.656. The van der Waals surface area contributed by atoms with Gasteiger partial charge in [-0.1, -0.05) is 42.5 Å². The standard InChI is InChI=1S/C25H28N2O2/c1-18-7-6-10-24(19(18)2)26-13-15-27(16-14-26)25(28)20(3)29-23-12-11-21-8-4-5-9-22(21)17-23/h4-12,17,20H,13-16H2,1-3H3/t20-/m1/s1.